The van der Waals surface area contributed by atoms with Crippen molar-refractivity contribution in [3.8, 4) is 0 Å². The van der Waals surface area contributed by atoms with E-state index in [1.54, 1.807) is 6.29 Å². The van der Waals surface area contributed by atoms with Crippen LogP contribution in [0.15, 0.2) is 0 Å². The molecule has 0 aliphatic carbocycles. The summed E-state index contributed by atoms with van der Waals surface area (Å²) < 4.78 is 0. The van der Waals surface area contributed by atoms with E-state index in [2.05, 4.69) is 0 Å². The summed E-state index contributed by atoms with van der Waals surface area (Å²) in [6.45, 7) is 1.81. The summed E-state index contributed by atoms with van der Waals surface area (Å²) in [6.07, 6.45) is 2.36. The van der Waals surface area contributed by atoms with Gasteiger partial charge in [0.05, 0.1) is 12.6 Å². The van der Waals surface area contributed by atoms with E-state index in [1.165, 1.54) is 0 Å². The van der Waals surface area contributed by atoms with E-state index in [0.717, 1.165) is 13.0 Å². The smallest absolute Gasteiger partial charge is 0.213 e. The zero-order chi connectivity index (χ0) is 6.69. The summed E-state index contributed by atoms with van der Waals surface area (Å²) in [5.41, 5.74) is 0. The second kappa shape index (κ2) is 2.94. The lowest BCUT2D eigenvalue weighted by Crippen LogP contribution is -2.23. The standard InChI is InChI=1S/C6H10NO2/c8-4-3-7-2-1-6(9)5-7/h6,9H,1-3,5H2/t6-/m1/s1. The van der Waals surface area contributed by atoms with Crippen molar-refractivity contribution in [1.29, 1.82) is 0 Å². The monoisotopic (exact) mass is 128 g/mol. The second-order valence-corrected chi connectivity index (χ2v) is 2.32. The molecule has 1 fully saturated rings. The van der Waals surface area contributed by atoms with E-state index in [9.17, 15) is 4.79 Å². The molecule has 1 saturated heterocycles. The number of nitrogens with zero attached hydrogens (tertiary/aromatic N) is 1. The van der Waals surface area contributed by atoms with Crippen molar-refractivity contribution in [2.75, 3.05) is 19.6 Å². The number of likely N-dealkylation sites (tertiary alicyclic amines) is 1. The van der Waals surface area contributed by atoms with Crippen LogP contribution in [0.5, 0.6) is 0 Å². The summed E-state index contributed by atoms with van der Waals surface area (Å²) in [5.74, 6) is 0. The fraction of sp³-hybridized carbons (Fsp3) is 0.833. The molecule has 1 rings (SSSR count). The maximum atomic E-state index is 9.82. The van der Waals surface area contributed by atoms with Gasteiger partial charge in [0.25, 0.3) is 0 Å². The lowest BCUT2D eigenvalue weighted by molar-refractivity contribution is 0.180. The fourth-order valence-corrected chi connectivity index (χ4v) is 1.05. The first-order chi connectivity index (χ1) is 4.33. The number of rotatable bonds is 2. The van der Waals surface area contributed by atoms with Crippen molar-refractivity contribution < 1.29 is 9.90 Å². The first-order valence-electron chi connectivity index (χ1n) is 3.08. The Balaban J connectivity index is 2.21. The average molecular weight is 128 g/mol. The van der Waals surface area contributed by atoms with Crippen LogP contribution in [0.3, 0.4) is 0 Å². The molecule has 1 radical (unpaired) electrons. The number of hydrogen-bond acceptors (Lipinski definition) is 3. The zero-order valence-corrected chi connectivity index (χ0v) is 5.21. The predicted molar refractivity (Wildman–Crippen MR) is 32.8 cm³/mol. The summed E-state index contributed by atoms with van der Waals surface area (Å²) >= 11 is 0. The topological polar surface area (TPSA) is 40.5 Å². The van der Waals surface area contributed by atoms with Crippen LogP contribution >= 0.6 is 0 Å². The molecule has 1 aliphatic rings. The first-order valence-corrected chi connectivity index (χ1v) is 3.08. The minimum Gasteiger partial charge on any atom is -0.392 e. The molecule has 3 heteroatoms. The van der Waals surface area contributed by atoms with Crippen LogP contribution in [0.2, 0.25) is 0 Å². The van der Waals surface area contributed by atoms with Gasteiger partial charge in [-0.2, -0.15) is 0 Å². The third kappa shape index (κ3) is 1.77. The molecule has 1 heterocycles. The molecule has 0 aromatic carbocycles. The molecular formula is C6H10NO2. The molecule has 0 spiro atoms. The highest BCUT2D eigenvalue weighted by molar-refractivity contribution is 5.53. The Kier molecular flexibility index (Phi) is 2.19. The molecule has 3 nitrogen and oxygen atoms in total. The molecule has 1 aliphatic heterocycles. The number of β-amino-alcohol motifs (C(OH)–C–C–N with tert-alkyl or cyclic N) is 1. The van der Waals surface area contributed by atoms with Gasteiger partial charge in [-0.3, -0.25) is 9.69 Å². The molecule has 9 heavy (non-hydrogen) atoms. The van der Waals surface area contributed by atoms with Crippen LogP contribution in [0.1, 0.15) is 6.42 Å². The van der Waals surface area contributed by atoms with E-state index in [4.69, 9.17) is 5.11 Å². The van der Waals surface area contributed by atoms with Gasteiger partial charge in [-0.1, -0.05) is 0 Å². The van der Waals surface area contributed by atoms with Gasteiger partial charge in [-0.15, -0.1) is 0 Å². The summed E-state index contributed by atoms with van der Waals surface area (Å²) in [4.78, 5) is 11.7. The van der Waals surface area contributed by atoms with Crippen LogP contribution in [-0.4, -0.2) is 42.0 Å². The summed E-state index contributed by atoms with van der Waals surface area (Å²) in [7, 11) is 0. The highest BCUT2D eigenvalue weighted by Gasteiger charge is 2.18. The van der Waals surface area contributed by atoms with Crippen LogP contribution in [0.4, 0.5) is 0 Å². The molecule has 0 aromatic heterocycles. The van der Waals surface area contributed by atoms with Gasteiger partial charge in [0.2, 0.25) is 6.29 Å². The Morgan fingerprint density at radius 3 is 3.00 bits per heavy atom. The van der Waals surface area contributed by atoms with Gasteiger partial charge in [-0.25, -0.2) is 0 Å². The average Bonchev–Trinajstić information content (AvgIpc) is 2.17. The molecule has 0 unspecified atom stereocenters. The predicted octanol–water partition coefficient (Wildman–Crippen LogP) is -0.837. The van der Waals surface area contributed by atoms with Gasteiger partial charge in [0, 0.05) is 13.1 Å². The molecule has 51 valence electrons. The van der Waals surface area contributed by atoms with Crippen molar-refractivity contribution in [2.45, 2.75) is 12.5 Å². The summed E-state index contributed by atoms with van der Waals surface area (Å²) in [6, 6.07) is 0. The minimum atomic E-state index is -0.224. The Morgan fingerprint density at radius 1 is 1.78 bits per heavy atom. The number of aliphatic hydroxyl groups excluding tert-OH is 1. The molecule has 0 saturated carbocycles. The SMILES string of the molecule is O=[C]CN1CC[C@@H](O)C1. The van der Waals surface area contributed by atoms with Gasteiger partial charge in [0.1, 0.15) is 0 Å². The molecule has 1 N–H and O–H groups in total. The van der Waals surface area contributed by atoms with Crippen LogP contribution < -0.4 is 0 Å². The van der Waals surface area contributed by atoms with E-state index in [0.29, 0.717) is 13.1 Å². The van der Waals surface area contributed by atoms with Crippen molar-refractivity contribution in [3.05, 3.63) is 0 Å². The molecular weight excluding hydrogens is 118 g/mol. The van der Waals surface area contributed by atoms with Crippen LogP contribution in [0.25, 0.3) is 0 Å². The number of carbonyl (C=O) groups excluding carboxylic acids is 1. The van der Waals surface area contributed by atoms with Crippen molar-refractivity contribution >= 4 is 6.29 Å². The van der Waals surface area contributed by atoms with E-state index < -0.39 is 0 Å². The lowest BCUT2D eigenvalue weighted by Gasteiger charge is -2.07. The second-order valence-electron chi connectivity index (χ2n) is 2.32. The quantitative estimate of drug-likeness (QED) is 0.527. The highest BCUT2D eigenvalue weighted by Crippen LogP contribution is 2.06. The molecule has 0 bridgehead atoms. The highest BCUT2D eigenvalue weighted by atomic mass is 16.3. The Labute approximate surface area is 54.3 Å². The van der Waals surface area contributed by atoms with Crippen molar-refractivity contribution in [1.82, 2.24) is 4.90 Å². The molecule has 0 amide bonds. The first kappa shape index (κ1) is 6.71. The zero-order valence-electron chi connectivity index (χ0n) is 5.21. The molecule has 0 aromatic rings. The Morgan fingerprint density at radius 2 is 2.56 bits per heavy atom. The third-order valence-electron chi connectivity index (χ3n) is 1.54. The van der Waals surface area contributed by atoms with E-state index in [-0.39, 0.29) is 6.10 Å². The maximum absolute atomic E-state index is 9.82. The Hall–Kier alpha value is -0.410. The van der Waals surface area contributed by atoms with Crippen molar-refractivity contribution in [2.24, 2.45) is 0 Å². The fourth-order valence-electron chi connectivity index (χ4n) is 1.05. The largest absolute Gasteiger partial charge is 0.392 e. The van der Waals surface area contributed by atoms with E-state index in [1.807, 2.05) is 4.90 Å². The maximum Gasteiger partial charge on any atom is 0.213 e. The van der Waals surface area contributed by atoms with Gasteiger partial charge < -0.3 is 5.11 Å². The van der Waals surface area contributed by atoms with Gasteiger partial charge >= 0.3 is 0 Å². The minimum absolute atomic E-state index is 0.224. The summed E-state index contributed by atoms with van der Waals surface area (Å²) in [5, 5.41) is 8.95. The number of hydrogen-bond donors (Lipinski definition) is 1. The Bertz CT molecular complexity index is 105. The number of aliphatic hydroxyl groups is 1. The van der Waals surface area contributed by atoms with E-state index >= 15 is 0 Å². The van der Waals surface area contributed by atoms with Gasteiger partial charge in [0.15, 0.2) is 0 Å². The van der Waals surface area contributed by atoms with Crippen molar-refractivity contribution in [3.63, 3.8) is 0 Å². The van der Waals surface area contributed by atoms with Crippen LogP contribution in [-0.2, 0) is 4.79 Å². The lowest BCUT2D eigenvalue weighted by atomic mass is 10.3. The molecule has 1 atom stereocenters. The normalized spacial score (nSPS) is 28.8. The van der Waals surface area contributed by atoms with Crippen LogP contribution in [0, 0.1) is 0 Å². The van der Waals surface area contributed by atoms with Gasteiger partial charge in [-0.05, 0) is 6.42 Å². The third-order valence-corrected chi connectivity index (χ3v) is 1.54.